The molecule has 0 aliphatic heterocycles. The summed E-state index contributed by atoms with van der Waals surface area (Å²) in [5.74, 6) is -1.84. The van der Waals surface area contributed by atoms with Crippen molar-refractivity contribution >= 4 is 11.9 Å². The molecule has 0 amide bonds. The zero-order valence-electron chi connectivity index (χ0n) is 12.4. The first-order valence-electron chi connectivity index (χ1n) is 6.93. The monoisotopic (exact) mass is 291 g/mol. The molecule has 1 aromatic rings. The molecule has 0 saturated carbocycles. The second-order valence-corrected chi connectivity index (χ2v) is 4.56. The van der Waals surface area contributed by atoms with Crippen molar-refractivity contribution in [1.82, 2.24) is 4.90 Å². The number of ether oxygens (including phenoxy) is 1. The van der Waals surface area contributed by atoms with Crippen molar-refractivity contribution in [3.63, 3.8) is 0 Å². The summed E-state index contributed by atoms with van der Waals surface area (Å²) in [6.07, 6.45) is 1.66. The molecule has 0 radical (unpaired) electrons. The minimum Gasteiger partial charge on any atom is -0.478 e. The van der Waals surface area contributed by atoms with E-state index in [2.05, 4.69) is 18.7 Å². The van der Waals surface area contributed by atoms with E-state index in [0.717, 1.165) is 37.3 Å². The molecule has 114 valence electrons. The number of hydrogen-bond donors (Lipinski definition) is 1. The van der Waals surface area contributed by atoms with E-state index in [1.165, 1.54) is 5.56 Å². The van der Waals surface area contributed by atoms with Gasteiger partial charge >= 0.3 is 11.9 Å². The SMILES string of the molecule is CCN(CC)Cc1ccc(COC(=O)/C=C/C(=O)O)cc1. The van der Waals surface area contributed by atoms with Crippen LogP contribution in [0.4, 0.5) is 0 Å². The predicted octanol–water partition coefficient (Wildman–Crippen LogP) is 2.21. The third kappa shape index (κ3) is 6.72. The van der Waals surface area contributed by atoms with Crippen molar-refractivity contribution in [2.75, 3.05) is 13.1 Å². The second kappa shape index (κ2) is 8.92. The molecule has 0 bridgehead atoms. The van der Waals surface area contributed by atoms with Gasteiger partial charge in [0.1, 0.15) is 6.61 Å². The van der Waals surface area contributed by atoms with Gasteiger partial charge in [0.05, 0.1) is 0 Å². The molecular formula is C16H21NO4. The molecule has 0 aliphatic carbocycles. The van der Waals surface area contributed by atoms with Gasteiger partial charge in [-0.25, -0.2) is 9.59 Å². The average molecular weight is 291 g/mol. The lowest BCUT2D eigenvalue weighted by molar-refractivity contribution is -0.139. The number of esters is 1. The van der Waals surface area contributed by atoms with E-state index in [9.17, 15) is 9.59 Å². The van der Waals surface area contributed by atoms with Crippen LogP contribution < -0.4 is 0 Å². The molecule has 0 aliphatic rings. The maximum absolute atomic E-state index is 11.2. The summed E-state index contributed by atoms with van der Waals surface area (Å²) in [4.78, 5) is 23.8. The van der Waals surface area contributed by atoms with E-state index in [1.807, 2.05) is 24.3 Å². The third-order valence-electron chi connectivity index (χ3n) is 3.07. The molecule has 0 saturated heterocycles. The molecule has 5 heteroatoms. The van der Waals surface area contributed by atoms with Crippen LogP contribution in [0.5, 0.6) is 0 Å². The first-order chi connectivity index (χ1) is 10.0. The fraction of sp³-hybridized carbons (Fsp3) is 0.375. The van der Waals surface area contributed by atoms with Crippen LogP contribution in [0.3, 0.4) is 0 Å². The Hall–Kier alpha value is -2.14. The van der Waals surface area contributed by atoms with E-state index in [0.29, 0.717) is 0 Å². The largest absolute Gasteiger partial charge is 0.478 e. The van der Waals surface area contributed by atoms with Crippen LogP contribution in [0.15, 0.2) is 36.4 Å². The highest BCUT2D eigenvalue weighted by molar-refractivity contribution is 5.90. The Bertz CT molecular complexity index is 490. The summed E-state index contributed by atoms with van der Waals surface area (Å²) in [6.45, 7) is 7.30. The van der Waals surface area contributed by atoms with E-state index in [-0.39, 0.29) is 6.61 Å². The lowest BCUT2D eigenvalue weighted by Crippen LogP contribution is -2.22. The Morgan fingerprint density at radius 2 is 1.67 bits per heavy atom. The van der Waals surface area contributed by atoms with Crippen molar-refractivity contribution < 1.29 is 19.4 Å². The lowest BCUT2D eigenvalue weighted by atomic mass is 10.1. The zero-order valence-corrected chi connectivity index (χ0v) is 12.4. The summed E-state index contributed by atoms with van der Waals surface area (Å²) in [5, 5.41) is 8.39. The molecule has 0 spiro atoms. The van der Waals surface area contributed by atoms with Gasteiger partial charge in [-0.2, -0.15) is 0 Å². The molecule has 1 rings (SSSR count). The van der Waals surface area contributed by atoms with Crippen LogP contribution in [0, 0.1) is 0 Å². The highest BCUT2D eigenvalue weighted by Crippen LogP contribution is 2.08. The number of benzene rings is 1. The Kier molecular flexibility index (Phi) is 7.18. The quantitative estimate of drug-likeness (QED) is 0.587. The summed E-state index contributed by atoms with van der Waals surface area (Å²) in [6, 6.07) is 7.84. The number of hydrogen-bond acceptors (Lipinski definition) is 4. The van der Waals surface area contributed by atoms with Gasteiger partial charge < -0.3 is 9.84 Å². The molecule has 0 unspecified atom stereocenters. The van der Waals surface area contributed by atoms with Crippen molar-refractivity contribution in [3.05, 3.63) is 47.5 Å². The van der Waals surface area contributed by atoms with Gasteiger partial charge in [0, 0.05) is 18.7 Å². The smallest absolute Gasteiger partial charge is 0.331 e. The summed E-state index contributed by atoms with van der Waals surface area (Å²) < 4.78 is 4.94. The van der Waals surface area contributed by atoms with Crippen LogP contribution in [0.2, 0.25) is 0 Å². The van der Waals surface area contributed by atoms with Crippen molar-refractivity contribution in [2.45, 2.75) is 27.0 Å². The topological polar surface area (TPSA) is 66.8 Å². The summed E-state index contributed by atoms with van der Waals surface area (Å²) in [7, 11) is 0. The van der Waals surface area contributed by atoms with Gasteiger partial charge in [0.15, 0.2) is 0 Å². The van der Waals surface area contributed by atoms with E-state index in [1.54, 1.807) is 0 Å². The van der Waals surface area contributed by atoms with Gasteiger partial charge in [0.2, 0.25) is 0 Å². The van der Waals surface area contributed by atoms with Crippen molar-refractivity contribution in [2.24, 2.45) is 0 Å². The maximum atomic E-state index is 11.2. The molecular weight excluding hydrogens is 270 g/mol. The molecule has 21 heavy (non-hydrogen) atoms. The van der Waals surface area contributed by atoms with E-state index < -0.39 is 11.9 Å². The normalized spacial score (nSPS) is 11.0. The third-order valence-corrected chi connectivity index (χ3v) is 3.07. The molecule has 1 aromatic carbocycles. The number of nitrogens with zero attached hydrogens (tertiary/aromatic N) is 1. The Morgan fingerprint density at radius 3 is 2.19 bits per heavy atom. The van der Waals surface area contributed by atoms with Crippen LogP contribution in [-0.2, 0) is 27.5 Å². The predicted molar refractivity (Wildman–Crippen MR) is 79.6 cm³/mol. The molecule has 1 N–H and O–H groups in total. The number of rotatable bonds is 8. The van der Waals surface area contributed by atoms with Crippen LogP contribution >= 0.6 is 0 Å². The maximum Gasteiger partial charge on any atom is 0.331 e. The fourth-order valence-corrected chi connectivity index (χ4v) is 1.79. The van der Waals surface area contributed by atoms with Crippen LogP contribution in [0.1, 0.15) is 25.0 Å². The minimum absolute atomic E-state index is 0.133. The highest BCUT2D eigenvalue weighted by atomic mass is 16.5. The van der Waals surface area contributed by atoms with Crippen LogP contribution in [0.25, 0.3) is 0 Å². The summed E-state index contributed by atoms with van der Waals surface area (Å²) >= 11 is 0. The number of carboxylic acid groups (broad SMARTS) is 1. The standard InChI is InChI=1S/C16H21NO4/c1-3-17(4-2)11-13-5-7-14(8-6-13)12-21-16(20)10-9-15(18)19/h5-10H,3-4,11-12H2,1-2H3,(H,18,19)/b10-9+. The average Bonchev–Trinajstić information content (AvgIpc) is 2.49. The summed E-state index contributed by atoms with van der Waals surface area (Å²) in [5.41, 5.74) is 2.08. The Labute approximate surface area is 124 Å². The van der Waals surface area contributed by atoms with E-state index >= 15 is 0 Å². The van der Waals surface area contributed by atoms with E-state index in [4.69, 9.17) is 9.84 Å². The van der Waals surface area contributed by atoms with Gasteiger partial charge in [-0.3, -0.25) is 4.90 Å². The van der Waals surface area contributed by atoms with Gasteiger partial charge in [-0.1, -0.05) is 38.1 Å². The Balaban J connectivity index is 2.47. The van der Waals surface area contributed by atoms with Crippen molar-refractivity contribution in [3.8, 4) is 0 Å². The number of carboxylic acids is 1. The highest BCUT2D eigenvalue weighted by Gasteiger charge is 2.03. The van der Waals surface area contributed by atoms with Crippen LogP contribution in [-0.4, -0.2) is 35.0 Å². The first-order valence-corrected chi connectivity index (χ1v) is 6.93. The zero-order chi connectivity index (χ0) is 15.7. The number of aliphatic carboxylic acids is 1. The van der Waals surface area contributed by atoms with Gasteiger partial charge in [0.25, 0.3) is 0 Å². The van der Waals surface area contributed by atoms with Gasteiger partial charge in [-0.15, -0.1) is 0 Å². The number of carbonyl (C=O) groups is 2. The van der Waals surface area contributed by atoms with Gasteiger partial charge in [-0.05, 0) is 24.2 Å². The fourth-order valence-electron chi connectivity index (χ4n) is 1.79. The minimum atomic E-state index is -1.17. The molecule has 0 atom stereocenters. The first kappa shape index (κ1) is 16.9. The second-order valence-electron chi connectivity index (χ2n) is 4.56. The molecule has 0 aromatic heterocycles. The lowest BCUT2D eigenvalue weighted by Gasteiger charge is -2.18. The molecule has 0 heterocycles. The molecule has 0 fully saturated rings. The molecule has 5 nitrogen and oxygen atoms in total. The van der Waals surface area contributed by atoms with Crippen molar-refractivity contribution in [1.29, 1.82) is 0 Å². The number of carbonyl (C=O) groups excluding carboxylic acids is 1. The Morgan fingerprint density at radius 1 is 1.10 bits per heavy atom.